The number of hydrogen-bond donors (Lipinski definition) is 5. The van der Waals surface area contributed by atoms with Gasteiger partial charge in [0.25, 0.3) is 11.8 Å². The minimum absolute atomic E-state index is 0. The lowest BCUT2D eigenvalue weighted by Crippen LogP contribution is -2.40. The molecule has 15 nitrogen and oxygen atoms in total. The monoisotopic (exact) mass is 834 g/mol. The molecule has 1 aliphatic carbocycles. The minimum atomic E-state index is -4.00. The number of amides is 2. The van der Waals surface area contributed by atoms with Gasteiger partial charge in [0.2, 0.25) is 10.0 Å². The zero-order valence-corrected chi connectivity index (χ0v) is 33.7. The smallest absolute Gasteiger partial charge is 0.335 e. The van der Waals surface area contributed by atoms with E-state index in [1.807, 2.05) is 42.5 Å². The van der Waals surface area contributed by atoms with Crippen LogP contribution in [0.5, 0.6) is 0 Å². The molecule has 59 heavy (non-hydrogen) atoms. The molecule has 0 spiro atoms. The molecule has 1 saturated carbocycles. The van der Waals surface area contributed by atoms with Crippen LogP contribution in [-0.4, -0.2) is 77.9 Å². The molecule has 6 rings (SSSR count). The fourth-order valence-electron chi connectivity index (χ4n) is 7.51. The first-order valence-corrected chi connectivity index (χ1v) is 20.6. The first-order valence-electron chi connectivity index (χ1n) is 19.1. The number of aryl methyl sites for hydroxylation is 2. The van der Waals surface area contributed by atoms with Gasteiger partial charge in [0.05, 0.1) is 27.6 Å². The maximum absolute atomic E-state index is 13.9. The van der Waals surface area contributed by atoms with E-state index in [1.54, 1.807) is 31.2 Å². The number of nitrogens with zero attached hydrogens (tertiary/aromatic N) is 1. The molecule has 0 bridgehead atoms. The van der Waals surface area contributed by atoms with Crippen LogP contribution < -0.4 is 20.3 Å². The molecule has 4 aromatic rings. The van der Waals surface area contributed by atoms with Crippen molar-refractivity contribution in [1.82, 2.24) is 4.72 Å². The number of hydrogen-bond acceptors (Lipinski definition) is 7. The van der Waals surface area contributed by atoms with Crippen molar-refractivity contribution in [3.05, 3.63) is 119 Å². The summed E-state index contributed by atoms with van der Waals surface area (Å²) in [4.78, 5) is 52.2. The number of aromatic carboxylic acids is 1. The Labute approximate surface area is 343 Å². The van der Waals surface area contributed by atoms with Crippen molar-refractivity contribution in [3.63, 3.8) is 0 Å². The molecule has 1 aliphatic heterocycles. The van der Waals surface area contributed by atoms with Gasteiger partial charge in [0.1, 0.15) is 0 Å². The number of carbonyl (C=O) groups excluding carboxylic acids is 2. The molecule has 1 saturated heterocycles. The zero-order chi connectivity index (χ0) is 39.8. The first kappa shape index (κ1) is 47.7. The van der Waals surface area contributed by atoms with E-state index in [1.165, 1.54) is 24.3 Å². The molecule has 16 heteroatoms. The maximum Gasteiger partial charge on any atom is 0.335 e. The van der Waals surface area contributed by atoms with Crippen LogP contribution in [-0.2, 0) is 27.7 Å². The minimum Gasteiger partial charge on any atom is -0.481 e. The average Bonchev–Trinajstić information content (AvgIpc) is 3.21. The Kier molecular flexibility index (Phi) is 17.3. The second-order valence-electron chi connectivity index (χ2n) is 14.8. The van der Waals surface area contributed by atoms with Crippen LogP contribution in [0.25, 0.3) is 0 Å². The van der Waals surface area contributed by atoms with Crippen molar-refractivity contribution in [2.24, 2.45) is 11.8 Å². The standard InChI is InChI=1S/C43H48N4O8S.3H2O/c1-28(31-16-18-33(19-17-31)43(52)53)46-56(54,55)37-7-5-6-34(26-37)40(48)45-39-23-22-36(47-24-3-2-4-25-47)27-38(39)41(49)44-35-20-12-30(13-21-35)9-8-29-10-14-32(15-11-29)42(50)51;;;/h5-7,10-15,20-23,26-28,31,33,46H,2-4,8-9,16-19,24-25H2,1H3,(H,44,49)(H,45,48)(H,50,51)(H,52,53);3*1H2/t28?,31-,33-;;;. The fraction of sp³-hybridized carbons (Fsp3) is 0.349. The number of aliphatic carboxylic acids is 1. The van der Waals surface area contributed by atoms with Gasteiger partial charge in [-0.2, -0.15) is 0 Å². The SMILES string of the molecule is CC(NS(=O)(=O)c1cccc(C(=O)Nc2ccc(N3CCCCC3)cc2C(=O)Nc2ccc(CCc3ccc(C(=O)O)cc3)cc2)c1)[C@H]1CC[C@H](C(=O)O)CC1.O.O.O. The molecule has 4 aromatic carbocycles. The lowest BCUT2D eigenvalue weighted by atomic mass is 9.79. The molecular weight excluding hydrogens is 781 g/mol. The van der Waals surface area contributed by atoms with Crippen molar-refractivity contribution in [1.29, 1.82) is 0 Å². The van der Waals surface area contributed by atoms with Gasteiger partial charge in [-0.3, -0.25) is 14.4 Å². The van der Waals surface area contributed by atoms with Crippen LogP contribution in [0.4, 0.5) is 17.1 Å². The number of carbonyl (C=O) groups is 4. The van der Waals surface area contributed by atoms with Crippen LogP contribution in [0.1, 0.15) is 94.1 Å². The highest BCUT2D eigenvalue weighted by molar-refractivity contribution is 7.89. The van der Waals surface area contributed by atoms with Gasteiger partial charge in [-0.05, 0) is 142 Å². The Morgan fingerprint density at radius 2 is 1.32 bits per heavy atom. The highest BCUT2D eigenvalue weighted by Crippen LogP contribution is 2.32. The average molecular weight is 835 g/mol. The van der Waals surface area contributed by atoms with Gasteiger partial charge in [0.15, 0.2) is 0 Å². The summed E-state index contributed by atoms with van der Waals surface area (Å²) < 4.78 is 29.6. The molecular formula is C43H54N4O11S. The maximum atomic E-state index is 13.9. The van der Waals surface area contributed by atoms with Crippen LogP contribution >= 0.6 is 0 Å². The third kappa shape index (κ3) is 12.4. The number of piperidine rings is 1. The molecule has 2 fully saturated rings. The van der Waals surface area contributed by atoms with Gasteiger partial charge >= 0.3 is 11.9 Å². The summed E-state index contributed by atoms with van der Waals surface area (Å²) in [6, 6.07) is 24.9. The lowest BCUT2D eigenvalue weighted by Gasteiger charge is -2.30. The van der Waals surface area contributed by atoms with Crippen molar-refractivity contribution in [3.8, 4) is 0 Å². The van der Waals surface area contributed by atoms with Crippen molar-refractivity contribution in [2.75, 3.05) is 28.6 Å². The number of benzene rings is 4. The van der Waals surface area contributed by atoms with Gasteiger partial charge in [-0.1, -0.05) is 30.3 Å². The number of carboxylic acid groups (broad SMARTS) is 2. The second kappa shape index (κ2) is 21.4. The third-order valence-corrected chi connectivity index (χ3v) is 12.5. The summed E-state index contributed by atoms with van der Waals surface area (Å²) in [5.74, 6) is -3.18. The molecule has 1 unspecified atom stereocenters. The normalized spacial score (nSPS) is 16.9. The van der Waals surface area contributed by atoms with E-state index in [2.05, 4.69) is 20.3 Å². The van der Waals surface area contributed by atoms with E-state index in [-0.39, 0.29) is 49.6 Å². The highest BCUT2D eigenvalue weighted by atomic mass is 32.2. The Balaban J connectivity index is 0.00000310. The van der Waals surface area contributed by atoms with Crippen LogP contribution in [0, 0.1) is 11.8 Å². The molecule has 318 valence electrons. The van der Waals surface area contributed by atoms with Crippen LogP contribution in [0.15, 0.2) is 95.9 Å². The molecule has 2 aliphatic rings. The molecule has 0 aromatic heterocycles. The van der Waals surface area contributed by atoms with Crippen molar-refractivity contribution in [2.45, 2.75) is 75.6 Å². The number of sulfonamides is 1. The fourth-order valence-corrected chi connectivity index (χ4v) is 8.87. The first-order chi connectivity index (χ1) is 26.9. The van der Waals surface area contributed by atoms with Crippen molar-refractivity contribution < 1.29 is 54.2 Å². The summed E-state index contributed by atoms with van der Waals surface area (Å²) in [6.45, 7) is 3.49. The van der Waals surface area contributed by atoms with Gasteiger partial charge in [-0.15, -0.1) is 0 Å². The van der Waals surface area contributed by atoms with Crippen LogP contribution in [0.3, 0.4) is 0 Å². The number of carboxylic acids is 2. The highest BCUT2D eigenvalue weighted by Gasteiger charge is 2.31. The number of anilines is 3. The molecule has 0 radical (unpaired) electrons. The third-order valence-electron chi connectivity index (χ3n) is 10.9. The van der Waals surface area contributed by atoms with E-state index in [0.717, 1.165) is 62.0 Å². The predicted molar refractivity (Wildman–Crippen MR) is 226 cm³/mol. The summed E-state index contributed by atoms with van der Waals surface area (Å²) in [6.07, 6.45) is 6.89. The Morgan fingerprint density at radius 1 is 0.712 bits per heavy atom. The van der Waals surface area contributed by atoms with E-state index in [4.69, 9.17) is 5.11 Å². The zero-order valence-electron chi connectivity index (χ0n) is 32.9. The Bertz CT molecular complexity index is 2170. The molecule has 11 N–H and O–H groups in total. The molecule has 1 atom stereocenters. The van der Waals surface area contributed by atoms with E-state index in [0.29, 0.717) is 31.4 Å². The summed E-state index contributed by atoms with van der Waals surface area (Å²) in [5, 5.41) is 24.3. The van der Waals surface area contributed by atoms with Gasteiger partial charge < -0.3 is 42.2 Å². The van der Waals surface area contributed by atoms with Gasteiger partial charge in [-0.25, -0.2) is 17.9 Å². The summed E-state index contributed by atoms with van der Waals surface area (Å²) in [7, 11) is -4.00. The van der Waals surface area contributed by atoms with Crippen LogP contribution in [0.2, 0.25) is 0 Å². The van der Waals surface area contributed by atoms with E-state index >= 15 is 0 Å². The predicted octanol–water partition coefficient (Wildman–Crippen LogP) is 4.75. The number of rotatable bonds is 14. The topological polar surface area (TPSA) is 277 Å². The number of nitrogens with one attached hydrogen (secondary N) is 3. The quantitative estimate of drug-likeness (QED) is 0.117. The lowest BCUT2D eigenvalue weighted by molar-refractivity contribution is -0.143. The summed E-state index contributed by atoms with van der Waals surface area (Å²) >= 11 is 0. The van der Waals surface area contributed by atoms with Gasteiger partial charge in [0, 0.05) is 36.1 Å². The molecule has 1 heterocycles. The molecule has 2 amide bonds. The van der Waals surface area contributed by atoms with E-state index < -0.39 is 45.7 Å². The largest absolute Gasteiger partial charge is 0.481 e. The Morgan fingerprint density at radius 3 is 1.92 bits per heavy atom. The Hall–Kier alpha value is -5.65. The van der Waals surface area contributed by atoms with E-state index in [9.17, 15) is 32.7 Å². The summed E-state index contributed by atoms with van der Waals surface area (Å²) in [5.41, 5.74) is 4.37. The van der Waals surface area contributed by atoms with Crippen molar-refractivity contribution >= 4 is 50.8 Å². The second-order valence-corrected chi connectivity index (χ2v) is 16.5.